The molecule has 0 bridgehead atoms. The second-order valence-corrected chi connectivity index (χ2v) is 6.41. The third kappa shape index (κ3) is 2.83. The Bertz CT molecular complexity index is 701. The van der Waals surface area contributed by atoms with Crippen molar-refractivity contribution in [3.8, 4) is 0 Å². The smallest absolute Gasteiger partial charge is 0.239 e. The number of piperazine rings is 1. The molecule has 110 valence electrons. The first-order chi connectivity index (χ1) is 10.1. The van der Waals surface area contributed by atoms with Crippen LogP contribution in [0.3, 0.4) is 0 Å². The van der Waals surface area contributed by atoms with Gasteiger partial charge >= 0.3 is 0 Å². The third-order valence-corrected chi connectivity index (χ3v) is 4.49. The number of anilines is 1. The van der Waals surface area contributed by atoms with Crippen LogP contribution in [0, 0.1) is 6.92 Å². The number of rotatable bonds is 2. The number of aryl methyl sites for hydroxylation is 1. The molecule has 1 aromatic carbocycles. The summed E-state index contributed by atoms with van der Waals surface area (Å²) in [6.07, 6.45) is 2.08. The van der Waals surface area contributed by atoms with Crippen molar-refractivity contribution >= 4 is 34.4 Å². The highest BCUT2D eigenvalue weighted by atomic mass is 32.2. The molecule has 21 heavy (non-hydrogen) atoms. The summed E-state index contributed by atoms with van der Waals surface area (Å²) in [5, 5.41) is 4.12. The molecule has 1 aliphatic heterocycles. The average Bonchev–Trinajstić information content (AvgIpc) is 2.46. The number of benzene rings is 1. The topological polar surface area (TPSA) is 45.2 Å². The molecule has 2 aromatic rings. The largest absolute Gasteiger partial charge is 0.350 e. The van der Waals surface area contributed by atoms with Crippen LogP contribution in [0.1, 0.15) is 12.5 Å². The summed E-state index contributed by atoms with van der Waals surface area (Å²) in [5.41, 5.74) is 2.19. The molecule has 0 saturated carbocycles. The molecule has 1 aliphatic rings. The minimum Gasteiger partial charge on any atom is -0.350 e. The van der Waals surface area contributed by atoms with Gasteiger partial charge in [-0.25, -0.2) is 4.98 Å². The van der Waals surface area contributed by atoms with Crippen molar-refractivity contribution in [1.29, 1.82) is 0 Å². The molecular weight excluding hydrogens is 282 g/mol. The van der Waals surface area contributed by atoms with E-state index in [0.29, 0.717) is 6.54 Å². The van der Waals surface area contributed by atoms with Crippen molar-refractivity contribution in [3.05, 3.63) is 29.8 Å². The molecule has 1 atom stereocenters. The monoisotopic (exact) mass is 301 g/mol. The highest BCUT2D eigenvalue weighted by Crippen LogP contribution is 2.27. The summed E-state index contributed by atoms with van der Waals surface area (Å²) in [6, 6.07) is 8.57. The number of pyridine rings is 1. The van der Waals surface area contributed by atoms with Crippen LogP contribution in [0.4, 0.5) is 5.82 Å². The molecule has 2 heterocycles. The Morgan fingerprint density at radius 1 is 1.38 bits per heavy atom. The minimum absolute atomic E-state index is 0.0611. The normalized spacial score (nSPS) is 18.9. The van der Waals surface area contributed by atoms with Gasteiger partial charge in [0.05, 0.1) is 12.1 Å². The lowest BCUT2D eigenvalue weighted by molar-refractivity contribution is -0.121. The maximum absolute atomic E-state index is 11.7. The number of nitrogens with zero attached hydrogens (tertiary/aromatic N) is 2. The summed E-state index contributed by atoms with van der Waals surface area (Å²) in [5.74, 6) is 0.949. The Labute approximate surface area is 128 Å². The summed E-state index contributed by atoms with van der Waals surface area (Å²) in [4.78, 5) is 19.7. The average molecular weight is 301 g/mol. The van der Waals surface area contributed by atoms with Crippen molar-refractivity contribution < 1.29 is 4.79 Å². The molecule has 4 nitrogen and oxygen atoms in total. The quantitative estimate of drug-likeness (QED) is 0.866. The number of hydrogen-bond donors (Lipinski definition) is 1. The fraction of sp³-hybridized carbons (Fsp3) is 0.375. The van der Waals surface area contributed by atoms with Crippen molar-refractivity contribution in [3.63, 3.8) is 0 Å². The van der Waals surface area contributed by atoms with Gasteiger partial charge in [-0.3, -0.25) is 4.79 Å². The lowest BCUT2D eigenvalue weighted by atomic mass is 10.1. The predicted molar refractivity (Wildman–Crippen MR) is 88.1 cm³/mol. The van der Waals surface area contributed by atoms with E-state index in [2.05, 4.69) is 47.7 Å². The van der Waals surface area contributed by atoms with Gasteiger partial charge in [-0.05, 0) is 49.9 Å². The van der Waals surface area contributed by atoms with E-state index in [1.807, 2.05) is 6.92 Å². The Hall–Kier alpha value is -1.75. The molecule has 0 spiro atoms. The van der Waals surface area contributed by atoms with Crippen LogP contribution in [0.5, 0.6) is 0 Å². The SMILES string of the molecule is CSc1ccc2nc(N3CC(=O)N[C@H](C)C3)cc(C)c2c1. The van der Waals surface area contributed by atoms with Gasteiger partial charge in [0.25, 0.3) is 0 Å². The number of thioether (sulfide) groups is 1. The molecule has 1 N–H and O–H groups in total. The van der Waals surface area contributed by atoms with Gasteiger partial charge < -0.3 is 10.2 Å². The maximum atomic E-state index is 11.7. The molecule has 0 unspecified atom stereocenters. The third-order valence-electron chi connectivity index (χ3n) is 3.77. The second-order valence-electron chi connectivity index (χ2n) is 5.53. The number of aromatic nitrogens is 1. The van der Waals surface area contributed by atoms with Gasteiger partial charge in [0.2, 0.25) is 5.91 Å². The predicted octanol–water partition coefficient (Wildman–Crippen LogP) is 2.59. The minimum atomic E-state index is 0.0611. The lowest BCUT2D eigenvalue weighted by Crippen LogP contribution is -2.53. The molecule has 5 heteroatoms. The van der Waals surface area contributed by atoms with E-state index in [4.69, 9.17) is 4.98 Å². The number of amides is 1. The molecule has 3 rings (SSSR count). The molecular formula is C16H19N3OS. The standard InChI is InChI=1S/C16H19N3OS/c1-10-6-15(19-8-11(2)17-16(20)9-19)18-14-5-4-12(21-3)7-13(10)14/h4-7,11H,8-9H2,1-3H3,(H,17,20)/t11-/m1/s1. The molecule has 1 amide bonds. The summed E-state index contributed by atoms with van der Waals surface area (Å²) < 4.78 is 0. The van der Waals surface area contributed by atoms with Crippen molar-refractivity contribution in [2.24, 2.45) is 0 Å². The number of fused-ring (bicyclic) bond motifs is 1. The van der Waals surface area contributed by atoms with Crippen LogP contribution in [0.15, 0.2) is 29.2 Å². The van der Waals surface area contributed by atoms with Gasteiger partial charge in [-0.15, -0.1) is 11.8 Å². The highest BCUT2D eigenvalue weighted by molar-refractivity contribution is 7.98. The van der Waals surface area contributed by atoms with E-state index in [9.17, 15) is 4.79 Å². The first-order valence-electron chi connectivity index (χ1n) is 7.06. The van der Waals surface area contributed by atoms with Crippen LogP contribution in [-0.4, -0.2) is 36.3 Å². The van der Waals surface area contributed by atoms with Crippen molar-refractivity contribution in [2.45, 2.75) is 24.8 Å². The number of nitrogens with one attached hydrogen (secondary N) is 1. The first kappa shape index (κ1) is 14.2. The number of hydrogen-bond acceptors (Lipinski definition) is 4. The van der Waals surface area contributed by atoms with Gasteiger partial charge in [-0.1, -0.05) is 0 Å². The molecule has 0 radical (unpaired) electrons. The zero-order valence-corrected chi connectivity index (χ0v) is 13.3. The van der Waals surface area contributed by atoms with Gasteiger partial charge in [0, 0.05) is 22.9 Å². The number of carbonyl (C=O) groups excluding carboxylic acids is 1. The zero-order chi connectivity index (χ0) is 15.0. The van der Waals surface area contributed by atoms with E-state index >= 15 is 0 Å². The van der Waals surface area contributed by atoms with E-state index in [1.165, 1.54) is 15.8 Å². The fourth-order valence-corrected chi connectivity index (χ4v) is 3.19. The Kier molecular flexibility index (Phi) is 3.76. The van der Waals surface area contributed by atoms with E-state index in [-0.39, 0.29) is 11.9 Å². The summed E-state index contributed by atoms with van der Waals surface area (Å²) in [7, 11) is 0. The Balaban J connectivity index is 2.02. The van der Waals surface area contributed by atoms with E-state index < -0.39 is 0 Å². The second kappa shape index (κ2) is 5.56. The lowest BCUT2D eigenvalue weighted by Gasteiger charge is -2.32. The van der Waals surface area contributed by atoms with Crippen LogP contribution < -0.4 is 10.2 Å². The first-order valence-corrected chi connectivity index (χ1v) is 8.29. The van der Waals surface area contributed by atoms with E-state index in [1.54, 1.807) is 11.8 Å². The van der Waals surface area contributed by atoms with Gasteiger partial charge in [0.1, 0.15) is 5.82 Å². The Morgan fingerprint density at radius 2 is 2.19 bits per heavy atom. The van der Waals surface area contributed by atoms with Gasteiger partial charge in [0.15, 0.2) is 0 Å². The summed E-state index contributed by atoms with van der Waals surface area (Å²) >= 11 is 1.73. The molecule has 0 aliphatic carbocycles. The zero-order valence-electron chi connectivity index (χ0n) is 12.5. The van der Waals surface area contributed by atoms with Crippen LogP contribution in [-0.2, 0) is 4.79 Å². The highest BCUT2D eigenvalue weighted by Gasteiger charge is 2.23. The van der Waals surface area contributed by atoms with Crippen molar-refractivity contribution in [1.82, 2.24) is 10.3 Å². The molecule has 1 saturated heterocycles. The van der Waals surface area contributed by atoms with Crippen LogP contribution in [0.2, 0.25) is 0 Å². The Morgan fingerprint density at radius 3 is 2.90 bits per heavy atom. The number of carbonyl (C=O) groups is 1. The summed E-state index contributed by atoms with van der Waals surface area (Å²) in [6.45, 7) is 5.30. The van der Waals surface area contributed by atoms with Gasteiger partial charge in [-0.2, -0.15) is 0 Å². The van der Waals surface area contributed by atoms with Crippen molar-refractivity contribution in [2.75, 3.05) is 24.2 Å². The molecule has 1 fully saturated rings. The van der Waals surface area contributed by atoms with Crippen LogP contribution >= 0.6 is 11.8 Å². The fourth-order valence-electron chi connectivity index (χ4n) is 2.75. The van der Waals surface area contributed by atoms with Crippen LogP contribution in [0.25, 0.3) is 10.9 Å². The molecule has 1 aromatic heterocycles. The van der Waals surface area contributed by atoms with E-state index in [0.717, 1.165) is 17.9 Å². The maximum Gasteiger partial charge on any atom is 0.239 e.